The molecular weight excluding hydrogens is 292 g/mol. The first-order valence-electron chi connectivity index (χ1n) is 6.94. The molecule has 2 rings (SSSR count). The molecule has 1 aromatic rings. The van der Waals surface area contributed by atoms with Gasteiger partial charge in [0.2, 0.25) is 0 Å². The van der Waals surface area contributed by atoms with Gasteiger partial charge >= 0.3 is 0 Å². The lowest BCUT2D eigenvalue weighted by Gasteiger charge is -2.28. The normalized spacial score (nSPS) is 23.8. The highest BCUT2D eigenvalue weighted by Crippen LogP contribution is 2.28. The summed E-state index contributed by atoms with van der Waals surface area (Å²) in [5.74, 6) is 1.87. The molecule has 0 saturated carbocycles. The molecule has 2 heterocycles. The first kappa shape index (κ1) is 14.1. The van der Waals surface area contributed by atoms with Gasteiger partial charge in [0.05, 0.1) is 6.04 Å². The van der Waals surface area contributed by atoms with Crippen LogP contribution in [0.4, 0.5) is 0 Å². The van der Waals surface area contributed by atoms with Gasteiger partial charge in [-0.05, 0) is 66.3 Å². The molecule has 3 nitrogen and oxygen atoms in total. The topological polar surface area (TPSA) is 42.4 Å². The quantitative estimate of drug-likeness (QED) is 0.924. The molecule has 0 aromatic carbocycles. The van der Waals surface area contributed by atoms with Crippen molar-refractivity contribution in [3.63, 3.8) is 0 Å². The van der Waals surface area contributed by atoms with Gasteiger partial charge < -0.3 is 10.2 Å². The van der Waals surface area contributed by atoms with E-state index >= 15 is 0 Å². The van der Waals surface area contributed by atoms with Crippen LogP contribution in [0, 0.1) is 5.92 Å². The summed E-state index contributed by atoms with van der Waals surface area (Å²) in [6.07, 6.45) is 5.21. The van der Waals surface area contributed by atoms with E-state index in [1.165, 1.54) is 25.7 Å². The third-order valence-corrected chi connectivity index (χ3v) is 4.47. The van der Waals surface area contributed by atoms with E-state index in [1.54, 1.807) is 0 Å². The molecule has 18 heavy (non-hydrogen) atoms. The number of hydrogen-bond acceptors (Lipinski definition) is 3. The maximum absolute atomic E-state index is 5.95. The molecular formula is C14H23BrN2O. The Morgan fingerprint density at radius 2 is 2.28 bits per heavy atom. The Bertz CT molecular complexity index is 366. The van der Waals surface area contributed by atoms with Crippen LogP contribution in [0.5, 0.6) is 0 Å². The van der Waals surface area contributed by atoms with Crippen molar-refractivity contribution in [3.05, 3.63) is 22.6 Å². The highest BCUT2D eigenvalue weighted by Gasteiger charge is 2.24. The van der Waals surface area contributed by atoms with Crippen molar-refractivity contribution in [2.75, 3.05) is 19.6 Å². The Hall–Kier alpha value is -0.320. The molecule has 1 saturated heterocycles. The molecule has 2 N–H and O–H groups in total. The number of hydrogen-bond donors (Lipinski definition) is 1. The summed E-state index contributed by atoms with van der Waals surface area (Å²) in [6, 6.07) is 4.21. The van der Waals surface area contributed by atoms with Gasteiger partial charge in [-0.1, -0.05) is 13.3 Å². The fourth-order valence-electron chi connectivity index (χ4n) is 2.86. The molecule has 0 aliphatic carbocycles. The zero-order valence-corrected chi connectivity index (χ0v) is 12.7. The molecule has 4 heteroatoms. The predicted molar refractivity (Wildman–Crippen MR) is 77.4 cm³/mol. The Morgan fingerprint density at radius 3 is 2.89 bits per heavy atom. The summed E-state index contributed by atoms with van der Waals surface area (Å²) in [5, 5.41) is 0. The van der Waals surface area contributed by atoms with Gasteiger partial charge in [-0.3, -0.25) is 4.90 Å². The van der Waals surface area contributed by atoms with Crippen LogP contribution >= 0.6 is 15.9 Å². The number of likely N-dealkylation sites (tertiary alicyclic amines) is 1. The van der Waals surface area contributed by atoms with E-state index in [1.807, 2.05) is 12.1 Å². The number of nitrogens with two attached hydrogens (primary N) is 1. The van der Waals surface area contributed by atoms with E-state index in [-0.39, 0.29) is 6.04 Å². The van der Waals surface area contributed by atoms with Gasteiger partial charge in [-0.15, -0.1) is 0 Å². The molecule has 0 bridgehead atoms. The van der Waals surface area contributed by atoms with Crippen LogP contribution in [0.1, 0.15) is 44.4 Å². The van der Waals surface area contributed by atoms with Crippen LogP contribution < -0.4 is 5.73 Å². The third kappa shape index (κ3) is 3.37. The Balaban J connectivity index is 2.03. The van der Waals surface area contributed by atoms with E-state index in [2.05, 4.69) is 27.8 Å². The van der Waals surface area contributed by atoms with Crippen LogP contribution in [-0.4, -0.2) is 24.5 Å². The van der Waals surface area contributed by atoms with Crippen molar-refractivity contribution in [2.45, 2.75) is 38.6 Å². The van der Waals surface area contributed by atoms with Crippen LogP contribution in [-0.2, 0) is 0 Å². The fourth-order valence-corrected chi connectivity index (χ4v) is 3.18. The SMILES string of the molecule is CCC1CCCN(C(CN)c2ccc(Br)o2)CC1. The number of halogens is 1. The standard InChI is InChI=1S/C14H23BrN2O/c1-2-11-4-3-8-17(9-7-11)12(10-16)13-5-6-14(15)18-13/h5-6,11-12H,2-4,7-10,16H2,1H3. The second-order valence-corrected chi connectivity index (χ2v) is 5.92. The average Bonchev–Trinajstić information content (AvgIpc) is 2.66. The highest BCUT2D eigenvalue weighted by atomic mass is 79.9. The van der Waals surface area contributed by atoms with E-state index < -0.39 is 0 Å². The number of rotatable bonds is 4. The van der Waals surface area contributed by atoms with Crippen molar-refractivity contribution < 1.29 is 4.42 Å². The molecule has 0 amide bonds. The highest BCUT2D eigenvalue weighted by molar-refractivity contribution is 9.10. The summed E-state index contributed by atoms with van der Waals surface area (Å²) in [7, 11) is 0. The number of nitrogens with zero attached hydrogens (tertiary/aromatic N) is 1. The minimum absolute atomic E-state index is 0.229. The largest absolute Gasteiger partial charge is 0.453 e. The molecule has 1 aliphatic rings. The molecule has 0 spiro atoms. The van der Waals surface area contributed by atoms with E-state index in [0.29, 0.717) is 6.54 Å². The van der Waals surface area contributed by atoms with Gasteiger partial charge in [0.1, 0.15) is 5.76 Å². The monoisotopic (exact) mass is 314 g/mol. The summed E-state index contributed by atoms with van der Waals surface area (Å²) in [5.41, 5.74) is 5.95. The summed E-state index contributed by atoms with van der Waals surface area (Å²) in [6.45, 7) is 5.19. The summed E-state index contributed by atoms with van der Waals surface area (Å²) in [4.78, 5) is 2.49. The van der Waals surface area contributed by atoms with Gasteiger partial charge in [0.25, 0.3) is 0 Å². The predicted octanol–water partition coefficient (Wildman–Crippen LogP) is 3.55. The van der Waals surface area contributed by atoms with Gasteiger partial charge in [-0.25, -0.2) is 0 Å². The van der Waals surface area contributed by atoms with Gasteiger partial charge in [-0.2, -0.15) is 0 Å². The van der Waals surface area contributed by atoms with Crippen molar-refractivity contribution in [1.82, 2.24) is 4.90 Å². The first-order chi connectivity index (χ1) is 8.74. The average molecular weight is 315 g/mol. The van der Waals surface area contributed by atoms with E-state index in [9.17, 15) is 0 Å². The maximum Gasteiger partial charge on any atom is 0.169 e. The molecule has 2 unspecified atom stereocenters. The summed E-state index contributed by atoms with van der Waals surface area (Å²) < 4.78 is 6.47. The molecule has 1 fully saturated rings. The molecule has 0 radical (unpaired) electrons. The Kier molecular flexibility index (Phi) is 5.27. The molecule has 1 aliphatic heterocycles. The van der Waals surface area contributed by atoms with E-state index in [0.717, 1.165) is 29.4 Å². The van der Waals surface area contributed by atoms with E-state index in [4.69, 9.17) is 10.2 Å². The van der Waals surface area contributed by atoms with Crippen molar-refractivity contribution >= 4 is 15.9 Å². The van der Waals surface area contributed by atoms with Crippen LogP contribution in [0.3, 0.4) is 0 Å². The second kappa shape index (κ2) is 6.73. The molecule has 2 atom stereocenters. The fraction of sp³-hybridized carbons (Fsp3) is 0.714. The minimum Gasteiger partial charge on any atom is -0.453 e. The molecule has 1 aromatic heterocycles. The first-order valence-corrected chi connectivity index (χ1v) is 7.73. The number of furan rings is 1. The van der Waals surface area contributed by atoms with Crippen molar-refractivity contribution in [1.29, 1.82) is 0 Å². The molecule has 102 valence electrons. The lowest BCUT2D eigenvalue weighted by Crippen LogP contribution is -2.34. The van der Waals surface area contributed by atoms with Gasteiger partial charge in [0, 0.05) is 6.54 Å². The van der Waals surface area contributed by atoms with Crippen LogP contribution in [0.2, 0.25) is 0 Å². The Morgan fingerprint density at radius 1 is 1.44 bits per heavy atom. The maximum atomic E-state index is 5.95. The zero-order chi connectivity index (χ0) is 13.0. The van der Waals surface area contributed by atoms with Crippen molar-refractivity contribution in [2.24, 2.45) is 11.7 Å². The van der Waals surface area contributed by atoms with Crippen LogP contribution in [0.25, 0.3) is 0 Å². The van der Waals surface area contributed by atoms with Crippen LogP contribution in [0.15, 0.2) is 21.2 Å². The van der Waals surface area contributed by atoms with Gasteiger partial charge in [0.15, 0.2) is 4.67 Å². The zero-order valence-electron chi connectivity index (χ0n) is 11.1. The third-order valence-electron chi connectivity index (χ3n) is 4.05. The van der Waals surface area contributed by atoms with Crippen molar-refractivity contribution in [3.8, 4) is 0 Å². The Labute approximate surface area is 118 Å². The lowest BCUT2D eigenvalue weighted by atomic mass is 9.98. The minimum atomic E-state index is 0.229. The second-order valence-electron chi connectivity index (χ2n) is 5.13. The lowest BCUT2D eigenvalue weighted by molar-refractivity contribution is 0.182. The smallest absolute Gasteiger partial charge is 0.169 e. The summed E-state index contributed by atoms with van der Waals surface area (Å²) >= 11 is 3.36.